The zero-order chi connectivity index (χ0) is 18.5. The van der Waals surface area contributed by atoms with Crippen LogP contribution >= 0.6 is 0 Å². The molecule has 0 saturated heterocycles. The van der Waals surface area contributed by atoms with Crippen LogP contribution in [0.3, 0.4) is 0 Å². The van der Waals surface area contributed by atoms with Crippen LogP contribution in [0.5, 0.6) is 0 Å². The second-order valence-corrected chi connectivity index (χ2v) is 7.93. The van der Waals surface area contributed by atoms with Gasteiger partial charge >= 0.3 is 0 Å². The van der Waals surface area contributed by atoms with Gasteiger partial charge in [0, 0.05) is 25.1 Å². The fourth-order valence-electron chi connectivity index (χ4n) is 2.93. The Morgan fingerprint density at radius 1 is 1.04 bits per heavy atom. The van der Waals surface area contributed by atoms with Crippen LogP contribution in [-0.2, 0) is 14.9 Å². The Morgan fingerprint density at radius 3 is 2.00 bits per heavy atom. The summed E-state index contributed by atoms with van der Waals surface area (Å²) in [7, 11) is -4.16. The molecule has 1 N–H and O–H groups in total. The molecule has 0 aromatic rings. The minimum atomic E-state index is -4.16. The van der Waals surface area contributed by atoms with Crippen molar-refractivity contribution >= 4 is 16.0 Å². The van der Waals surface area contributed by atoms with E-state index >= 15 is 0 Å². The third-order valence-corrected chi connectivity index (χ3v) is 5.08. The van der Waals surface area contributed by atoms with Crippen LogP contribution in [0.2, 0.25) is 0 Å². The molecule has 0 atom stereocenters. The summed E-state index contributed by atoms with van der Waals surface area (Å²) in [6.45, 7) is 11.9. The molecule has 0 aromatic heterocycles. The third-order valence-electron chi connectivity index (χ3n) is 4.29. The van der Waals surface area contributed by atoms with Gasteiger partial charge in [0.05, 0.1) is 36.3 Å². The first kappa shape index (κ1) is 23.1. The quantitative estimate of drug-likeness (QED) is 0.209. The standard InChI is InChI=1S/C17H34N2O4S/c1-4-7-12-19(13-8-5-2,15-10-16-24(21,22)23)14-9-11-18-17(20)6-3/h6H,3-5,7-16H2,1-2H3,(H-,18,20,21,22,23). The van der Waals surface area contributed by atoms with E-state index in [4.69, 9.17) is 0 Å². The minimum absolute atomic E-state index is 0.173. The first-order chi connectivity index (χ1) is 11.3. The van der Waals surface area contributed by atoms with Gasteiger partial charge in [0.25, 0.3) is 0 Å². The van der Waals surface area contributed by atoms with E-state index < -0.39 is 10.1 Å². The second-order valence-electron chi connectivity index (χ2n) is 6.41. The molecular formula is C17H34N2O4S. The molecule has 0 heterocycles. The largest absolute Gasteiger partial charge is 0.748 e. The zero-order valence-electron chi connectivity index (χ0n) is 15.3. The molecule has 0 fully saturated rings. The fraction of sp³-hybridized carbons (Fsp3) is 0.824. The minimum Gasteiger partial charge on any atom is -0.748 e. The van der Waals surface area contributed by atoms with Gasteiger partial charge in [-0.05, 0) is 18.9 Å². The van der Waals surface area contributed by atoms with Crippen LogP contribution in [0, 0.1) is 0 Å². The fourth-order valence-corrected chi connectivity index (χ4v) is 3.42. The van der Waals surface area contributed by atoms with Gasteiger partial charge in [-0.1, -0.05) is 33.3 Å². The first-order valence-electron chi connectivity index (χ1n) is 8.97. The van der Waals surface area contributed by atoms with Crippen molar-refractivity contribution in [1.29, 1.82) is 0 Å². The average Bonchev–Trinajstić information content (AvgIpc) is 2.53. The predicted octanol–water partition coefficient (Wildman–Crippen LogP) is 2.03. The monoisotopic (exact) mass is 362 g/mol. The Kier molecular flexibility index (Phi) is 12.0. The summed E-state index contributed by atoms with van der Waals surface area (Å²) in [4.78, 5) is 11.2. The second kappa shape index (κ2) is 12.4. The SMILES string of the molecule is C=CC(=O)NCCC[N+](CCCC)(CCCC)CCCS(=O)(=O)[O-]. The van der Waals surface area contributed by atoms with Crippen LogP contribution in [0.15, 0.2) is 12.7 Å². The van der Waals surface area contributed by atoms with Gasteiger partial charge in [-0.15, -0.1) is 0 Å². The third kappa shape index (κ3) is 11.6. The van der Waals surface area contributed by atoms with Crippen molar-refractivity contribution in [2.45, 2.75) is 52.4 Å². The van der Waals surface area contributed by atoms with Gasteiger partial charge in [0.2, 0.25) is 5.91 Å². The smallest absolute Gasteiger partial charge is 0.243 e. The van der Waals surface area contributed by atoms with Crippen molar-refractivity contribution in [3.63, 3.8) is 0 Å². The summed E-state index contributed by atoms with van der Waals surface area (Å²) in [5.41, 5.74) is 0. The van der Waals surface area contributed by atoms with Crippen molar-refractivity contribution in [2.24, 2.45) is 0 Å². The van der Waals surface area contributed by atoms with E-state index in [9.17, 15) is 17.8 Å². The summed E-state index contributed by atoms with van der Waals surface area (Å²) in [6.07, 6.45) is 6.81. The van der Waals surface area contributed by atoms with Crippen LogP contribution < -0.4 is 5.32 Å². The molecule has 0 aliphatic heterocycles. The Hall–Kier alpha value is -0.920. The lowest BCUT2D eigenvalue weighted by Gasteiger charge is -2.39. The molecule has 0 rings (SSSR count). The number of carbonyl (C=O) groups excluding carboxylic acids is 1. The van der Waals surface area contributed by atoms with Crippen LogP contribution in [0.25, 0.3) is 0 Å². The van der Waals surface area contributed by atoms with E-state index in [1.165, 1.54) is 6.08 Å². The lowest BCUT2D eigenvalue weighted by atomic mass is 10.1. The van der Waals surface area contributed by atoms with Crippen molar-refractivity contribution in [2.75, 3.05) is 38.5 Å². The van der Waals surface area contributed by atoms with Gasteiger partial charge in [0.15, 0.2) is 0 Å². The van der Waals surface area contributed by atoms with Crippen LogP contribution in [-0.4, -0.2) is 61.8 Å². The molecule has 7 heteroatoms. The van der Waals surface area contributed by atoms with Crippen LogP contribution in [0.4, 0.5) is 0 Å². The van der Waals surface area contributed by atoms with Gasteiger partial charge in [-0.3, -0.25) is 4.79 Å². The van der Waals surface area contributed by atoms with Crippen LogP contribution in [0.1, 0.15) is 52.4 Å². The summed E-state index contributed by atoms with van der Waals surface area (Å²) in [5, 5.41) is 2.78. The molecule has 0 spiro atoms. The first-order valence-corrected chi connectivity index (χ1v) is 10.5. The van der Waals surface area contributed by atoms with Crippen molar-refractivity contribution < 1.29 is 22.2 Å². The number of hydrogen-bond acceptors (Lipinski definition) is 4. The molecule has 0 saturated carbocycles. The number of amides is 1. The normalized spacial score (nSPS) is 12.1. The Bertz CT molecular complexity index is 455. The van der Waals surface area contributed by atoms with Gasteiger partial charge in [-0.25, -0.2) is 8.42 Å². The molecule has 24 heavy (non-hydrogen) atoms. The maximum Gasteiger partial charge on any atom is 0.243 e. The van der Waals surface area contributed by atoms with Crippen molar-refractivity contribution in [3.8, 4) is 0 Å². The summed E-state index contributed by atoms with van der Waals surface area (Å²) >= 11 is 0. The number of unbranched alkanes of at least 4 members (excludes halogenated alkanes) is 2. The molecule has 142 valence electrons. The number of carbonyl (C=O) groups is 1. The highest BCUT2D eigenvalue weighted by atomic mass is 32.2. The van der Waals surface area contributed by atoms with E-state index in [2.05, 4.69) is 25.7 Å². The number of nitrogens with zero attached hydrogens (tertiary/aromatic N) is 1. The summed E-state index contributed by atoms with van der Waals surface area (Å²) in [5.74, 6) is -0.467. The van der Waals surface area contributed by atoms with Crippen molar-refractivity contribution in [1.82, 2.24) is 5.32 Å². The maximum atomic E-state index is 11.2. The number of hydrogen-bond donors (Lipinski definition) is 1. The lowest BCUT2D eigenvalue weighted by Crippen LogP contribution is -2.51. The maximum absolute atomic E-state index is 11.2. The number of quaternary nitrogens is 1. The van der Waals surface area contributed by atoms with Gasteiger partial charge in [-0.2, -0.15) is 0 Å². The van der Waals surface area contributed by atoms with Gasteiger partial charge in [0.1, 0.15) is 0 Å². The number of nitrogens with one attached hydrogen (secondary N) is 1. The molecule has 6 nitrogen and oxygen atoms in total. The highest BCUT2D eigenvalue weighted by Gasteiger charge is 2.25. The van der Waals surface area contributed by atoms with E-state index in [1.54, 1.807) is 0 Å². The van der Waals surface area contributed by atoms with E-state index in [1.807, 2.05) is 0 Å². The topological polar surface area (TPSA) is 86.3 Å². The molecule has 0 aliphatic carbocycles. The molecule has 0 aromatic carbocycles. The molecule has 1 amide bonds. The molecule has 0 aliphatic rings. The molecule has 0 radical (unpaired) electrons. The Balaban J connectivity index is 4.76. The highest BCUT2D eigenvalue weighted by Crippen LogP contribution is 2.15. The Labute approximate surface area is 147 Å². The van der Waals surface area contributed by atoms with Gasteiger partial charge < -0.3 is 14.4 Å². The summed E-state index contributed by atoms with van der Waals surface area (Å²) in [6, 6.07) is 0. The van der Waals surface area contributed by atoms with E-state index in [-0.39, 0.29) is 11.7 Å². The zero-order valence-corrected chi connectivity index (χ0v) is 16.1. The predicted molar refractivity (Wildman–Crippen MR) is 96.5 cm³/mol. The molecular weight excluding hydrogens is 328 g/mol. The molecule has 0 bridgehead atoms. The van der Waals surface area contributed by atoms with E-state index in [0.717, 1.165) is 56.2 Å². The Morgan fingerprint density at radius 2 is 1.54 bits per heavy atom. The van der Waals surface area contributed by atoms with E-state index in [0.29, 0.717) is 19.5 Å². The number of rotatable bonds is 15. The average molecular weight is 363 g/mol. The summed E-state index contributed by atoms with van der Waals surface area (Å²) < 4.78 is 33.5. The molecule has 0 unspecified atom stereocenters. The van der Waals surface area contributed by atoms with Crippen molar-refractivity contribution in [3.05, 3.63) is 12.7 Å². The highest BCUT2D eigenvalue weighted by molar-refractivity contribution is 7.85. The lowest BCUT2D eigenvalue weighted by molar-refractivity contribution is -0.928.